The molecule has 0 fully saturated rings. The molecule has 20 heavy (non-hydrogen) atoms. The van der Waals surface area contributed by atoms with Gasteiger partial charge in [0.25, 0.3) is 0 Å². The van der Waals surface area contributed by atoms with Crippen LogP contribution in [-0.2, 0) is 0 Å². The SMILES string of the molecule is O=C(c1cc(F)ccc1F)c1cccc2cnccc12. The molecule has 0 aliphatic rings. The van der Waals surface area contributed by atoms with E-state index in [2.05, 4.69) is 4.98 Å². The van der Waals surface area contributed by atoms with Crippen LogP contribution < -0.4 is 0 Å². The molecule has 0 saturated carbocycles. The van der Waals surface area contributed by atoms with Crippen molar-refractivity contribution >= 4 is 16.6 Å². The van der Waals surface area contributed by atoms with Gasteiger partial charge in [-0.1, -0.05) is 18.2 Å². The third kappa shape index (κ3) is 2.05. The van der Waals surface area contributed by atoms with E-state index in [0.717, 1.165) is 23.6 Å². The van der Waals surface area contributed by atoms with Crippen molar-refractivity contribution in [1.82, 2.24) is 4.98 Å². The van der Waals surface area contributed by atoms with Crippen molar-refractivity contribution in [2.75, 3.05) is 0 Å². The zero-order valence-corrected chi connectivity index (χ0v) is 10.3. The van der Waals surface area contributed by atoms with E-state index >= 15 is 0 Å². The van der Waals surface area contributed by atoms with Crippen molar-refractivity contribution < 1.29 is 13.6 Å². The molecule has 2 nitrogen and oxygen atoms in total. The van der Waals surface area contributed by atoms with E-state index in [1.165, 1.54) is 0 Å². The lowest BCUT2D eigenvalue weighted by molar-refractivity contribution is 0.103. The molecule has 0 saturated heterocycles. The molecular formula is C16H9F2NO. The van der Waals surface area contributed by atoms with Gasteiger partial charge in [0.1, 0.15) is 11.6 Å². The number of carbonyl (C=O) groups is 1. The lowest BCUT2D eigenvalue weighted by atomic mass is 9.98. The van der Waals surface area contributed by atoms with Crippen molar-refractivity contribution in [2.45, 2.75) is 0 Å². The van der Waals surface area contributed by atoms with Crippen LogP contribution in [0.15, 0.2) is 54.9 Å². The molecule has 3 rings (SSSR count). The molecule has 1 aromatic heterocycles. The molecule has 0 radical (unpaired) electrons. The van der Waals surface area contributed by atoms with Crippen LogP contribution in [0.2, 0.25) is 0 Å². The number of hydrogen-bond acceptors (Lipinski definition) is 2. The molecule has 4 heteroatoms. The number of aromatic nitrogens is 1. The predicted octanol–water partition coefficient (Wildman–Crippen LogP) is 3.74. The fraction of sp³-hybridized carbons (Fsp3) is 0. The molecule has 0 bridgehead atoms. The fourth-order valence-corrected chi connectivity index (χ4v) is 2.14. The molecule has 0 spiro atoms. The summed E-state index contributed by atoms with van der Waals surface area (Å²) in [4.78, 5) is 16.4. The Kier molecular flexibility index (Phi) is 2.99. The van der Waals surface area contributed by atoms with Crippen LogP contribution >= 0.6 is 0 Å². The first kappa shape index (κ1) is 12.4. The zero-order valence-electron chi connectivity index (χ0n) is 10.3. The highest BCUT2D eigenvalue weighted by Crippen LogP contribution is 2.22. The largest absolute Gasteiger partial charge is 0.288 e. The molecule has 98 valence electrons. The lowest BCUT2D eigenvalue weighted by Gasteiger charge is -2.06. The second-order valence-corrected chi connectivity index (χ2v) is 4.36. The van der Waals surface area contributed by atoms with Gasteiger partial charge in [-0.2, -0.15) is 0 Å². The second kappa shape index (κ2) is 4.81. The number of halogens is 2. The smallest absolute Gasteiger partial charge is 0.196 e. The second-order valence-electron chi connectivity index (χ2n) is 4.36. The normalized spacial score (nSPS) is 10.7. The van der Waals surface area contributed by atoms with E-state index in [4.69, 9.17) is 0 Å². The van der Waals surface area contributed by atoms with Gasteiger partial charge in [0.15, 0.2) is 5.78 Å². The number of hydrogen-bond donors (Lipinski definition) is 0. The predicted molar refractivity (Wildman–Crippen MR) is 71.5 cm³/mol. The van der Waals surface area contributed by atoms with Gasteiger partial charge in [-0.05, 0) is 29.7 Å². The first-order chi connectivity index (χ1) is 9.66. The highest BCUT2D eigenvalue weighted by molar-refractivity contribution is 6.16. The first-order valence-electron chi connectivity index (χ1n) is 5.99. The zero-order chi connectivity index (χ0) is 14.1. The summed E-state index contributed by atoms with van der Waals surface area (Å²) < 4.78 is 26.9. The minimum atomic E-state index is -0.734. The summed E-state index contributed by atoms with van der Waals surface area (Å²) in [6.45, 7) is 0. The van der Waals surface area contributed by atoms with Gasteiger partial charge in [-0.3, -0.25) is 9.78 Å². The monoisotopic (exact) mass is 269 g/mol. The Bertz CT molecular complexity index is 809. The van der Waals surface area contributed by atoms with Crippen molar-refractivity contribution in [3.63, 3.8) is 0 Å². The average molecular weight is 269 g/mol. The quantitative estimate of drug-likeness (QED) is 0.663. The fourth-order valence-electron chi connectivity index (χ4n) is 2.14. The highest BCUT2D eigenvalue weighted by Gasteiger charge is 2.17. The van der Waals surface area contributed by atoms with Gasteiger partial charge in [-0.15, -0.1) is 0 Å². The lowest BCUT2D eigenvalue weighted by Crippen LogP contribution is -2.05. The maximum absolute atomic E-state index is 13.7. The molecule has 0 aliphatic heterocycles. The number of pyridine rings is 1. The van der Waals surface area contributed by atoms with Crippen LogP contribution in [0.4, 0.5) is 8.78 Å². The molecule has 0 N–H and O–H groups in total. The van der Waals surface area contributed by atoms with Crippen LogP contribution in [-0.4, -0.2) is 10.8 Å². The Morgan fingerprint density at radius 3 is 2.70 bits per heavy atom. The summed E-state index contributed by atoms with van der Waals surface area (Å²) >= 11 is 0. The van der Waals surface area contributed by atoms with E-state index in [9.17, 15) is 13.6 Å². The van der Waals surface area contributed by atoms with Crippen LogP contribution in [0.1, 0.15) is 15.9 Å². The topological polar surface area (TPSA) is 30.0 Å². The summed E-state index contributed by atoms with van der Waals surface area (Å²) in [7, 11) is 0. The number of rotatable bonds is 2. The summed E-state index contributed by atoms with van der Waals surface area (Å²) in [5.74, 6) is -1.92. The van der Waals surface area contributed by atoms with E-state index in [1.807, 2.05) is 0 Å². The minimum absolute atomic E-state index is 0.269. The molecule has 2 aromatic carbocycles. The molecule has 0 unspecified atom stereocenters. The number of nitrogens with zero attached hydrogens (tertiary/aromatic N) is 1. The third-order valence-corrected chi connectivity index (χ3v) is 3.10. The molecule has 3 aromatic rings. The number of carbonyl (C=O) groups excluding carboxylic acids is 1. The van der Waals surface area contributed by atoms with Crippen LogP contribution in [0.3, 0.4) is 0 Å². The average Bonchev–Trinajstić information content (AvgIpc) is 2.48. The van der Waals surface area contributed by atoms with Gasteiger partial charge < -0.3 is 0 Å². The van der Waals surface area contributed by atoms with E-state index in [1.54, 1.807) is 36.7 Å². The maximum atomic E-state index is 13.7. The van der Waals surface area contributed by atoms with Crippen LogP contribution in [0, 0.1) is 11.6 Å². The maximum Gasteiger partial charge on any atom is 0.196 e. The Morgan fingerprint density at radius 2 is 1.85 bits per heavy atom. The Balaban J connectivity index is 2.20. The van der Waals surface area contributed by atoms with E-state index < -0.39 is 17.4 Å². The van der Waals surface area contributed by atoms with Gasteiger partial charge >= 0.3 is 0 Å². The van der Waals surface area contributed by atoms with Gasteiger partial charge in [0.05, 0.1) is 5.56 Å². The summed E-state index contributed by atoms with van der Waals surface area (Å²) in [6, 6.07) is 9.62. The molecule has 0 aliphatic carbocycles. The minimum Gasteiger partial charge on any atom is -0.288 e. The van der Waals surface area contributed by atoms with Crippen LogP contribution in [0.5, 0.6) is 0 Å². The third-order valence-electron chi connectivity index (χ3n) is 3.10. The summed E-state index contributed by atoms with van der Waals surface area (Å²) in [6.07, 6.45) is 3.18. The number of fused-ring (bicyclic) bond motifs is 1. The van der Waals surface area contributed by atoms with Crippen molar-refractivity contribution in [3.05, 3.63) is 77.6 Å². The number of ketones is 1. The molecule has 1 heterocycles. The Labute approximate surface area is 113 Å². The molecular weight excluding hydrogens is 260 g/mol. The van der Waals surface area contributed by atoms with Gasteiger partial charge in [0, 0.05) is 23.3 Å². The summed E-state index contributed by atoms with van der Waals surface area (Å²) in [5, 5.41) is 1.44. The number of benzene rings is 2. The Hall–Kier alpha value is -2.62. The summed E-state index contributed by atoms with van der Waals surface area (Å²) in [5.41, 5.74) is 0.0590. The molecule has 0 amide bonds. The van der Waals surface area contributed by atoms with Crippen LogP contribution in [0.25, 0.3) is 10.8 Å². The standard InChI is InChI=1S/C16H9F2NO/c17-11-4-5-15(18)14(8-11)16(20)13-3-1-2-10-9-19-7-6-12(10)13/h1-9H. The van der Waals surface area contributed by atoms with Crippen molar-refractivity contribution in [2.24, 2.45) is 0 Å². The molecule has 0 atom stereocenters. The van der Waals surface area contributed by atoms with Gasteiger partial charge in [-0.25, -0.2) is 8.78 Å². The Morgan fingerprint density at radius 1 is 1.00 bits per heavy atom. The van der Waals surface area contributed by atoms with Gasteiger partial charge in [0.2, 0.25) is 0 Å². The van der Waals surface area contributed by atoms with E-state index in [-0.39, 0.29) is 5.56 Å². The highest BCUT2D eigenvalue weighted by atomic mass is 19.1. The van der Waals surface area contributed by atoms with Crippen molar-refractivity contribution in [1.29, 1.82) is 0 Å². The first-order valence-corrected chi connectivity index (χ1v) is 5.99. The van der Waals surface area contributed by atoms with E-state index in [0.29, 0.717) is 10.9 Å². The van der Waals surface area contributed by atoms with Crippen molar-refractivity contribution in [3.8, 4) is 0 Å².